The zero-order valence-electron chi connectivity index (χ0n) is 44.3. The van der Waals surface area contributed by atoms with Gasteiger partial charge in [0.2, 0.25) is 17.7 Å². The number of aromatic hydroxyl groups is 1. The number of likely N-dealkylation sites (N-methyl/N-ethyl adjacent to an activating group) is 2. The summed E-state index contributed by atoms with van der Waals surface area (Å²) < 4.78 is 19.2. The highest BCUT2D eigenvalue weighted by atomic mass is 16.6. The molecule has 8 rings (SSSR count). The molecule has 398 valence electrons. The van der Waals surface area contributed by atoms with Crippen molar-refractivity contribution in [2.75, 3.05) is 73.7 Å². The maximum Gasteiger partial charge on any atom is 0.409 e. The fourth-order valence-corrected chi connectivity index (χ4v) is 10.8. The van der Waals surface area contributed by atoms with Crippen LogP contribution >= 0.6 is 0 Å². The van der Waals surface area contributed by atoms with Gasteiger partial charge in [0.15, 0.2) is 0 Å². The van der Waals surface area contributed by atoms with E-state index in [1.807, 2.05) is 30.0 Å². The van der Waals surface area contributed by atoms with E-state index in [9.17, 15) is 33.9 Å². The second kappa shape index (κ2) is 22.5. The summed E-state index contributed by atoms with van der Waals surface area (Å²) in [7, 11) is 4.75. The lowest BCUT2D eigenvalue weighted by Gasteiger charge is -2.37. The number of nitrogens with one attached hydrogen (secondary N) is 2. The zero-order valence-corrected chi connectivity index (χ0v) is 44.3. The van der Waals surface area contributed by atoms with Crippen LogP contribution in [0, 0.1) is 11.3 Å². The van der Waals surface area contributed by atoms with Gasteiger partial charge >= 0.3 is 12.1 Å². The van der Waals surface area contributed by atoms with E-state index >= 15 is 0 Å². The van der Waals surface area contributed by atoms with Gasteiger partial charge in [-0.1, -0.05) is 39.8 Å². The molecule has 4 aliphatic heterocycles. The number of phenolic OH excluding ortho intramolecular Hbond substituents is 1. The number of ether oxygens (including phenoxy) is 3. The van der Waals surface area contributed by atoms with Crippen molar-refractivity contribution in [3.05, 3.63) is 71.5 Å². The SMILES string of the molecule is CCn1c(-c2cccnc2[C@H](C)OC)c2c3cc(ccc31)-c1cc(O)cc(c1)C[C@H](NC(=O)[C@H](C(C)C)N(C)C(=O)CN(C)C(=O)[C@H]1CN1CCCN1CCOC1=O)C(=O)N1CCC[C@H](N1)C(=O)OCC(C)(C)C2. The Bertz CT molecular complexity index is 2780. The van der Waals surface area contributed by atoms with Gasteiger partial charge < -0.3 is 43.9 Å². The van der Waals surface area contributed by atoms with Crippen LogP contribution in [0.1, 0.15) is 83.7 Å². The van der Waals surface area contributed by atoms with E-state index in [0.717, 1.165) is 39.0 Å². The van der Waals surface area contributed by atoms with E-state index in [1.54, 1.807) is 51.2 Å². The zero-order chi connectivity index (χ0) is 53.2. The van der Waals surface area contributed by atoms with E-state index in [1.165, 1.54) is 21.9 Å². The van der Waals surface area contributed by atoms with Crippen LogP contribution in [0.5, 0.6) is 5.75 Å². The molecule has 6 heterocycles. The van der Waals surface area contributed by atoms with Gasteiger partial charge in [0.05, 0.1) is 37.2 Å². The number of esters is 1. The molecule has 3 saturated heterocycles. The summed E-state index contributed by atoms with van der Waals surface area (Å²) in [6, 6.07) is 11.9. The van der Waals surface area contributed by atoms with Gasteiger partial charge in [0.1, 0.15) is 36.5 Å². The number of aryl methyl sites for hydroxylation is 1. The normalized spacial score (nSPS) is 21.7. The second-order valence-electron chi connectivity index (χ2n) is 21.4. The lowest BCUT2D eigenvalue weighted by atomic mass is 9.84. The summed E-state index contributed by atoms with van der Waals surface area (Å²) in [5, 5.41) is 16.7. The quantitative estimate of drug-likeness (QED) is 0.107. The molecule has 2 aromatic heterocycles. The number of nitrogens with zero attached hydrogens (tertiary/aromatic N) is 7. The highest BCUT2D eigenvalue weighted by molar-refractivity contribution is 5.96. The third-order valence-electron chi connectivity index (χ3n) is 14.9. The predicted octanol–water partition coefficient (Wildman–Crippen LogP) is 4.92. The average molecular weight is 1020 g/mol. The average Bonchev–Trinajstić information content (AvgIpc) is 3.93. The number of phenols is 1. The number of rotatable bonds is 15. The Morgan fingerprint density at radius 2 is 1.80 bits per heavy atom. The molecule has 0 radical (unpaired) electrons. The molecule has 6 atom stereocenters. The number of methoxy groups -OCH3 is 1. The first-order valence-corrected chi connectivity index (χ1v) is 26.0. The van der Waals surface area contributed by atoms with E-state index < -0.39 is 53.1 Å². The van der Waals surface area contributed by atoms with Gasteiger partial charge in [-0.05, 0) is 104 Å². The minimum absolute atomic E-state index is 0.0304. The first-order chi connectivity index (χ1) is 35.3. The number of hydrazine groups is 1. The van der Waals surface area contributed by atoms with E-state index in [-0.39, 0.29) is 56.0 Å². The van der Waals surface area contributed by atoms with Gasteiger partial charge in [0, 0.05) is 88.4 Å². The second-order valence-corrected chi connectivity index (χ2v) is 21.4. The number of carbonyl (C=O) groups is 6. The van der Waals surface area contributed by atoms with Crippen molar-refractivity contribution in [1.29, 1.82) is 0 Å². The Kier molecular flexibility index (Phi) is 16.3. The highest BCUT2D eigenvalue weighted by Crippen LogP contribution is 2.42. The minimum atomic E-state index is -1.21. The van der Waals surface area contributed by atoms with Crippen LogP contribution in [-0.4, -0.2) is 173 Å². The molecule has 19 nitrogen and oxygen atoms in total. The Balaban J connectivity index is 1.08. The molecule has 0 spiro atoms. The number of hydrogen-bond acceptors (Lipinski definition) is 13. The van der Waals surface area contributed by atoms with Crippen LogP contribution in [0.3, 0.4) is 0 Å². The molecule has 4 aromatic rings. The highest BCUT2D eigenvalue weighted by Gasteiger charge is 2.43. The van der Waals surface area contributed by atoms with Crippen molar-refractivity contribution in [1.82, 2.24) is 44.9 Å². The molecule has 0 aliphatic carbocycles. The van der Waals surface area contributed by atoms with Gasteiger partial charge in [-0.25, -0.2) is 10.2 Å². The van der Waals surface area contributed by atoms with Crippen LogP contribution in [0.15, 0.2) is 54.7 Å². The molecule has 4 aliphatic rings. The van der Waals surface area contributed by atoms with E-state index in [4.69, 9.17) is 19.2 Å². The van der Waals surface area contributed by atoms with E-state index in [0.29, 0.717) is 76.1 Å². The maximum atomic E-state index is 14.8. The van der Waals surface area contributed by atoms with Crippen molar-refractivity contribution >= 4 is 46.6 Å². The molecule has 0 saturated carbocycles. The van der Waals surface area contributed by atoms with Crippen LogP contribution in [0.2, 0.25) is 0 Å². The van der Waals surface area contributed by atoms with Gasteiger partial charge in [-0.2, -0.15) is 0 Å². The first-order valence-electron chi connectivity index (χ1n) is 26.0. The van der Waals surface area contributed by atoms with Crippen molar-refractivity contribution in [2.45, 2.75) is 110 Å². The predicted molar refractivity (Wildman–Crippen MR) is 277 cm³/mol. The molecule has 19 heteroatoms. The number of benzene rings is 2. The van der Waals surface area contributed by atoms with Crippen LogP contribution in [-0.2, 0) is 57.6 Å². The van der Waals surface area contributed by atoms with Crippen LogP contribution in [0.25, 0.3) is 33.3 Å². The number of cyclic esters (lactones) is 2. The summed E-state index contributed by atoms with van der Waals surface area (Å²) in [5.41, 5.74) is 9.40. The molecule has 3 fully saturated rings. The maximum absolute atomic E-state index is 14.8. The smallest absolute Gasteiger partial charge is 0.409 e. The number of hydrogen-bond donors (Lipinski definition) is 3. The Morgan fingerprint density at radius 3 is 2.51 bits per heavy atom. The summed E-state index contributed by atoms with van der Waals surface area (Å²) >= 11 is 0. The van der Waals surface area contributed by atoms with Crippen LogP contribution in [0.4, 0.5) is 4.79 Å². The third kappa shape index (κ3) is 11.7. The molecular formula is C55H73N9O10. The lowest BCUT2D eigenvalue weighted by Crippen LogP contribution is -2.62. The number of fused-ring (bicyclic) bond motifs is 6. The summed E-state index contributed by atoms with van der Waals surface area (Å²) in [6.07, 6.45) is 3.22. The monoisotopic (exact) mass is 1020 g/mol. The lowest BCUT2D eigenvalue weighted by molar-refractivity contribution is -0.155. The van der Waals surface area contributed by atoms with Gasteiger partial charge in [0.25, 0.3) is 5.91 Å². The molecule has 5 amide bonds. The Hall–Kier alpha value is -6.57. The summed E-state index contributed by atoms with van der Waals surface area (Å²) in [5.74, 6) is -2.70. The van der Waals surface area contributed by atoms with Crippen molar-refractivity contribution in [3.63, 3.8) is 0 Å². The first kappa shape index (κ1) is 53.7. The molecule has 6 bridgehead atoms. The number of carbonyl (C=O) groups excluding carboxylic acids is 6. The fourth-order valence-electron chi connectivity index (χ4n) is 10.8. The molecule has 2 aromatic carbocycles. The van der Waals surface area contributed by atoms with Gasteiger partial charge in [-0.15, -0.1) is 0 Å². The van der Waals surface area contributed by atoms with E-state index in [2.05, 4.69) is 54.3 Å². The topological polar surface area (TPSA) is 208 Å². The van der Waals surface area contributed by atoms with Crippen molar-refractivity contribution in [2.24, 2.45) is 11.3 Å². The Morgan fingerprint density at radius 1 is 1.01 bits per heavy atom. The minimum Gasteiger partial charge on any atom is -0.508 e. The fraction of sp³-hybridized carbons (Fsp3) is 0.545. The molecular weight excluding hydrogens is 947 g/mol. The summed E-state index contributed by atoms with van der Waals surface area (Å²) in [4.78, 5) is 93.7. The van der Waals surface area contributed by atoms with Gasteiger partial charge in [-0.3, -0.25) is 38.9 Å². The third-order valence-corrected chi connectivity index (χ3v) is 14.9. The largest absolute Gasteiger partial charge is 0.508 e. The van der Waals surface area contributed by atoms with Crippen LogP contribution < -0.4 is 10.7 Å². The van der Waals surface area contributed by atoms with Crippen molar-refractivity contribution < 1.29 is 48.1 Å². The molecule has 3 N–H and O–H groups in total. The molecule has 1 unspecified atom stereocenters. The number of amides is 5. The number of aromatic nitrogens is 2. The molecule has 74 heavy (non-hydrogen) atoms. The summed E-state index contributed by atoms with van der Waals surface area (Å²) in [6.45, 7) is 15.2. The van der Waals surface area contributed by atoms with Crippen molar-refractivity contribution in [3.8, 4) is 28.1 Å². The Labute approximate surface area is 433 Å². The number of pyridine rings is 1. The standard InChI is InChI=1S/C55H73N9O10/c1-10-63-44-17-16-36-28-40(44)41(49(63)39-14-11-18-56-47(39)34(4)72-9)29-55(5,6)32-74-53(70)42-15-12-21-64(58-42)51(68)43(26-35-24-37(36)27-38(65)25-35)57-50(67)48(33(2)3)60(8)46(66)31-59(7)52(69)45-30-62(45)20-13-19-61-22-23-73-54(61)71/h11,14,16-18,24-25,27-28,33-34,42-43,45,48,58,65H,10,12-13,15,19-23,26,29-32H2,1-9H3,(H,57,67)/t34-,42-,43-,45+,48-,62?/m0/s1.